The van der Waals surface area contributed by atoms with Gasteiger partial charge >= 0.3 is 17.8 Å². The Morgan fingerprint density at radius 2 is 2.06 bits per heavy atom. The molecule has 3 rings (SSSR count). The molecule has 1 unspecified atom stereocenters. The van der Waals surface area contributed by atoms with E-state index in [4.69, 9.17) is 0 Å². The molecule has 0 spiro atoms. The number of anilines is 1. The van der Waals surface area contributed by atoms with Crippen LogP contribution in [0.5, 0.6) is 0 Å². The van der Waals surface area contributed by atoms with Crippen molar-refractivity contribution in [2.75, 3.05) is 31.1 Å². The number of carbonyl (C=O) groups is 1. The molecule has 1 aliphatic rings. The van der Waals surface area contributed by atoms with Gasteiger partial charge in [-0.05, 0) is 13.3 Å². The molecule has 3 heterocycles. The maximum absolute atomic E-state index is 13.0. The van der Waals surface area contributed by atoms with Gasteiger partial charge in [-0.1, -0.05) is 5.92 Å². The molecule has 2 aromatic heterocycles. The molecule has 2 N–H and O–H groups in total. The second-order valence-electron chi connectivity index (χ2n) is 7.23. The normalized spacial score (nSPS) is 16.5. The molecular weight excluding hydrogens is 449 g/mol. The molecule has 0 aliphatic carbocycles. The number of aromatic nitrogens is 4. The first-order chi connectivity index (χ1) is 15.6. The zero-order valence-corrected chi connectivity index (χ0v) is 18.0. The number of nitrogens with one attached hydrogen (secondary N) is 1. The lowest BCUT2D eigenvalue weighted by atomic mass is 10.3. The van der Waals surface area contributed by atoms with Gasteiger partial charge in [0.15, 0.2) is 17.4 Å². The Balaban J connectivity index is 2.22. The van der Waals surface area contributed by atoms with Crippen LogP contribution in [-0.2, 0) is 29.7 Å². The number of imidazole rings is 1. The summed E-state index contributed by atoms with van der Waals surface area (Å²) in [6.07, 6.45) is -6.33. The maximum Gasteiger partial charge on any atom is 0.491 e. The van der Waals surface area contributed by atoms with Crippen LogP contribution in [0.3, 0.4) is 0 Å². The smallest absolute Gasteiger partial charge is 0.433 e. The molecular formula is C19H23F3N6O5. The third-order valence-electron chi connectivity index (χ3n) is 5.09. The summed E-state index contributed by atoms with van der Waals surface area (Å²) in [5.41, 5.74) is -1.29. The molecule has 2 aromatic rings. The molecule has 0 bridgehead atoms. The van der Waals surface area contributed by atoms with Gasteiger partial charge in [-0.25, -0.2) is 9.59 Å². The summed E-state index contributed by atoms with van der Waals surface area (Å²) in [5.74, 6) is 3.16. The minimum absolute atomic E-state index is 0.00360. The summed E-state index contributed by atoms with van der Waals surface area (Å²) in [5, 5.41) is 12.1. The number of halogens is 3. The zero-order chi connectivity index (χ0) is 24.3. The first-order valence-electron chi connectivity index (χ1n) is 10.1. The lowest BCUT2D eigenvalue weighted by Gasteiger charge is -2.36. The van der Waals surface area contributed by atoms with Gasteiger partial charge in [0.25, 0.3) is 5.56 Å². The minimum Gasteiger partial charge on any atom is -0.433 e. The third-order valence-corrected chi connectivity index (χ3v) is 5.09. The van der Waals surface area contributed by atoms with Gasteiger partial charge in [0.1, 0.15) is 0 Å². The molecule has 1 saturated heterocycles. The van der Waals surface area contributed by atoms with Gasteiger partial charge in [-0.2, -0.15) is 18.2 Å². The molecule has 0 saturated carbocycles. The van der Waals surface area contributed by atoms with Gasteiger partial charge in [-0.15, -0.1) is 5.92 Å². The van der Waals surface area contributed by atoms with Gasteiger partial charge in [-0.3, -0.25) is 18.5 Å². The number of ether oxygens (including phenoxy) is 1. The highest BCUT2D eigenvalue weighted by molar-refractivity contribution is 5.77. The van der Waals surface area contributed by atoms with Crippen molar-refractivity contribution in [2.24, 2.45) is 7.05 Å². The number of nitrogens with zero attached hydrogens (tertiary/aromatic N) is 5. The Morgan fingerprint density at radius 1 is 1.33 bits per heavy atom. The number of rotatable bonds is 6. The van der Waals surface area contributed by atoms with E-state index in [-0.39, 0.29) is 56.3 Å². The summed E-state index contributed by atoms with van der Waals surface area (Å²) in [6.45, 7) is 1.73. The maximum atomic E-state index is 13.0. The van der Waals surface area contributed by atoms with Crippen LogP contribution in [0.2, 0.25) is 0 Å². The Kier molecular flexibility index (Phi) is 7.13. The largest absolute Gasteiger partial charge is 0.491 e. The number of esters is 1. The predicted octanol–water partition coefficient (Wildman–Crippen LogP) is -0.856. The van der Waals surface area contributed by atoms with Gasteiger partial charge < -0.3 is 20.1 Å². The Morgan fingerprint density at radius 3 is 2.70 bits per heavy atom. The number of hydrogen-bond acceptors (Lipinski definition) is 8. The molecule has 11 nitrogen and oxygen atoms in total. The van der Waals surface area contributed by atoms with Crippen LogP contribution >= 0.6 is 0 Å². The van der Waals surface area contributed by atoms with Crippen LogP contribution in [0.1, 0.15) is 13.3 Å². The Labute approximate surface area is 185 Å². The summed E-state index contributed by atoms with van der Waals surface area (Å²) in [4.78, 5) is 42.9. The summed E-state index contributed by atoms with van der Waals surface area (Å²) < 4.78 is 46.6. The van der Waals surface area contributed by atoms with Crippen molar-refractivity contribution in [2.45, 2.75) is 38.8 Å². The van der Waals surface area contributed by atoms with Crippen molar-refractivity contribution in [3.8, 4) is 11.8 Å². The van der Waals surface area contributed by atoms with Crippen LogP contribution in [0.25, 0.3) is 11.2 Å². The van der Waals surface area contributed by atoms with E-state index in [0.717, 1.165) is 4.57 Å². The van der Waals surface area contributed by atoms with E-state index in [9.17, 15) is 32.7 Å². The molecule has 0 radical (unpaired) electrons. The van der Waals surface area contributed by atoms with Crippen molar-refractivity contribution >= 4 is 23.1 Å². The fraction of sp³-hybridized carbons (Fsp3) is 0.579. The number of aryl methyl sites for hydroxylation is 1. The molecule has 180 valence electrons. The fourth-order valence-corrected chi connectivity index (χ4v) is 3.51. The van der Waals surface area contributed by atoms with Crippen molar-refractivity contribution < 1.29 is 27.8 Å². The van der Waals surface area contributed by atoms with Crippen LogP contribution in [0.4, 0.5) is 19.1 Å². The van der Waals surface area contributed by atoms with Crippen LogP contribution in [0.15, 0.2) is 9.59 Å². The van der Waals surface area contributed by atoms with Crippen LogP contribution < -0.4 is 21.5 Å². The standard InChI is InChI=1S/C19H23F3N6O5/c1-3-4-7-27-13-14(28(8-5-10-29)18(32)25(2)15(13)30)24-17(27)26-9-6-23-11-12(26)33-16(31)19(20,21)22/h12,23,29H,5-11H2,1-2H3. The summed E-state index contributed by atoms with van der Waals surface area (Å²) >= 11 is 0. The van der Waals surface area contributed by atoms with E-state index in [1.54, 1.807) is 6.92 Å². The highest BCUT2D eigenvalue weighted by atomic mass is 19.4. The number of fused-ring (bicyclic) bond motifs is 1. The number of alkyl halides is 3. The van der Waals surface area contributed by atoms with E-state index >= 15 is 0 Å². The van der Waals surface area contributed by atoms with Crippen molar-refractivity contribution in [3.05, 3.63) is 20.8 Å². The monoisotopic (exact) mass is 472 g/mol. The quantitative estimate of drug-likeness (QED) is 0.412. The SMILES string of the molecule is CC#CCn1c(N2CCNCC2OC(=O)C(F)(F)F)nc2c1c(=O)n(C)c(=O)n2CCCO. The van der Waals surface area contributed by atoms with Crippen molar-refractivity contribution in [1.82, 2.24) is 24.0 Å². The van der Waals surface area contributed by atoms with Gasteiger partial charge in [0.05, 0.1) is 13.1 Å². The third kappa shape index (κ3) is 4.74. The number of aliphatic hydroxyl groups excluding tert-OH is 1. The Hall–Kier alpha value is -3.31. The number of hydrogen-bond donors (Lipinski definition) is 2. The lowest BCUT2D eigenvalue weighted by molar-refractivity contribution is -0.205. The van der Waals surface area contributed by atoms with E-state index < -0.39 is 29.6 Å². The van der Waals surface area contributed by atoms with Crippen LogP contribution in [0, 0.1) is 11.8 Å². The van der Waals surface area contributed by atoms with Crippen LogP contribution in [-0.4, -0.2) is 68.4 Å². The topological polar surface area (TPSA) is 124 Å². The van der Waals surface area contributed by atoms with E-state index in [0.29, 0.717) is 6.54 Å². The van der Waals surface area contributed by atoms with E-state index in [2.05, 4.69) is 26.9 Å². The van der Waals surface area contributed by atoms with Gasteiger partial charge in [0.2, 0.25) is 5.95 Å². The fourth-order valence-electron chi connectivity index (χ4n) is 3.51. The molecule has 1 atom stereocenters. The van der Waals surface area contributed by atoms with E-state index in [1.165, 1.54) is 21.1 Å². The Bertz CT molecular complexity index is 1220. The molecule has 1 fully saturated rings. The molecule has 1 aliphatic heterocycles. The number of piperazine rings is 1. The van der Waals surface area contributed by atoms with Crippen molar-refractivity contribution in [3.63, 3.8) is 0 Å². The average Bonchev–Trinajstić information content (AvgIpc) is 3.15. The minimum atomic E-state index is -5.18. The number of aliphatic hydroxyl groups is 1. The van der Waals surface area contributed by atoms with Crippen molar-refractivity contribution in [1.29, 1.82) is 0 Å². The first-order valence-corrected chi connectivity index (χ1v) is 10.1. The summed E-state index contributed by atoms with van der Waals surface area (Å²) in [6, 6.07) is 0. The summed E-state index contributed by atoms with van der Waals surface area (Å²) in [7, 11) is 1.29. The second-order valence-corrected chi connectivity index (χ2v) is 7.23. The second kappa shape index (κ2) is 9.67. The van der Waals surface area contributed by atoms with Gasteiger partial charge in [0, 0.05) is 33.3 Å². The lowest BCUT2D eigenvalue weighted by Crippen LogP contribution is -2.55. The molecule has 33 heavy (non-hydrogen) atoms. The highest BCUT2D eigenvalue weighted by Gasteiger charge is 2.44. The zero-order valence-electron chi connectivity index (χ0n) is 18.0. The predicted molar refractivity (Wildman–Crippen MR) is 111 cm³/mol. The van der Waals surface area contributed by atoms with E-state index in [1.807, 2.05) is 0 Å². The molecule has 14 heteroatoms. The average molecular weight is 472 g/mol. The number of carbonyl (C=O) groups excluding carboxylic acids is 1. The first kappa shape index (κ1) is 24.3. The molecule has 0 aromatic carbocycles. The molecule has 0 amide bonds. The highest BCUT2D eigenvalue weighted by Crippen LogP contribution is 2.25.